The predicted molar refractivity (Wildman–Crippen MR) is 75.3 cm³/mol. The Balaban J connectivity index is 1.70. The number of nitrogens with one attached hydrogen (secondary N) is 1. The maximum Gasteiger partial charge on any atom is 0.146 e. The van der Waals surface area contributed by atoms with E-state index in [9.17, 15) is 4.39 Å². The van der Waals surface area contributed by atoms with Crippen molar-refractivity contribution < 1.29 is 9.13 Å². The van der Waals surface area contributed by atoms with Gasteiger partial charge in [0.1, 0.15) is 17.3 Å². The molecule has 1 heterocycles. The minimum Gasteiger partial charge on any atom is -0.455 e. The lowest BCUT2D eigenvalue weighted by atomic mass is 10.2. The summed E-state index contributed by atoms with van der Waals surface area (Å²) in [5, 5.41) is 3.44. The van der Waals surface area contributed by atoms with Crippen molar-refractivity contribution in [3.8, 4) is 11.5 Å². The zero-order chi connectivity index (χ0) is 13.9. The quantitative estimate of drug-likeness (QED) is 0.903. The molecule has 4 heteroatoms. The number of ether oxygens (including phenoxy) is 1. The molecule has 1 saturated carbocycles. The number of halogens is 1. The van der Waals surface area contributed by atoms with Crippen LogP contribution in [0.1, 0.15) is 24.0 Å². The molecule has 0 spiro atoms. The molecule has 1 aliphatic rings. The van der Waals surface area contributed by atoms with E-state index in [4.69, 9.17) is 4.74 Å². The van der Waals surface area contributed by atoms with Crippen LogP contribution in [0.3, 0.4) is 0 Å². The van der Waals surface area contributed by atoms with Gasteiger partial charge >= 0.3 is 0 Å². The van der Waals surface area contributed by atoms with Gasteiger partial charge in [0, 0.05) is 18.8 Å². The van der Waals surface area contributed by atoms with Crippen LogP contribution in [0, 0.1) is 12.7 Å². The lowest BCUT2D eigenvalue weighted by Crippen LogP contribution is -2.15. The first kappa shape index (κ1) is 13.1. The fourth-order valence-electron chi connectivity index (χ4n) is 2.02. The van der Waals surface area contributed by atoms with Crippen LogP contribution in [0.15, 0.2) is 36.7 Å². The van der Waals surface area contributed by atoms with Crippen LogP contribution in [0.4, 0.5) is 4.39 Å². The average molecular weight is 272 g/mol. The topological polar surface area (TPSA) is 34.1 Å². The monoisotopic (exact) mass is 272 g/mol. The number of hydrogen-bond donors (Lipinski definition) is 1. The lowest BCUT2D eigenvalue weighted by Gasteiger charge is -2.10. The largest absolute Gasteiger partial charge is 0.455 e. The van der Waals surface area contributed by atoms with Crippen LogP contribution in [0.25, 0.3) is 0 Å². The van der Waals surface area contributed by atoms with Crippen LogP contribution >= 0.6 is 0 Å². The molecule has 0 amide bonds. The zero-order valence-corrected chi connectivity index (χ0v) is 11.4. The molecule has 1 fully saturated rings. The van der Waals surface area contributed by atoms with Crippen molar-refractivity contribution in [2.24, 2.45) is 0 Å². The highest BCUT2D eigenvalue weighted by molar-refractivity contribution is 5.37. The molecule has 2 aromatic rings. The van der Waals surface area contributed by atoms with Crippen molar-refractivity contribution in [3.63, 3.8) is 0 Å². The third-order valence-electron chi connectivity index (χ3n) is 3.31. The molecule has 104 valence electrons. The second-order valence-electron chi connectivity index (χ2n) is 5.20. The summed E-state index contributed by atoms with van der Waals surface area (Å²) in [6.07, 6.45) is 6.03. The van der Waals surface area contributed by atoms with E-state index < -0.39 is 0 Å². The Morgan fingerprint density at radius 1 is 1.30 bits per heavy atom. The Kier molecular flexibility index (Phi) is 3.65. The maximum atomic E-state index is 13.1. The Labute approximate surface area is 117 Å². The highest BCUT2D eigenvalue weighted by Gasteiger charge is 2.20. The number of aromatic nitrogens is 1. The fourth-order valence-corrected chi connectivity index (χ4v) is 2.02. The van der Waals surface area contributed by atoms with Gasteiger partial charge in [0.2, 0.25) is 0 Å². The molecule has 0 bridgehead atoms. The summed E-state index contributed by atoms with van der Waals surface area (Å²) in [5.74, 6) is 1.07. The average Bonchev–Trinajstić information content (AvgIpc) is 3.24. The van der Waals surface area contributed by atoms with Crippen LogP contribution in [0.5, 0.6) is 11.5 Å². The number of pyridine rings is 1. The molecular formula is C16H17FN2O. The van der Waals surface area contributed by atoms with Gasteiger partial charge in [-0.1, -0.05) is 0 Å². The maximum absolute atomic E-state index is 13.1. The van der Waals surface area contributed by atoms with E-state index in [0.717, 1.165) is 17.7 Å². The van der Waals surface area contributed by atoms with Crippen molar-refractivity contribution in [1.29, 1.82) is 0 Å². The van der Waals surface area contributed by atoms with Crippen molar-refractivity contribution in [2.45, 2.75) is 32.4 Å². The number of nitrogens with zero attached hydrogens (tertiary/aromatic N) is 1. The molecular weight excluding hydrogens is 255 g/mol. The van der Waals surface area contributed by atoms with Crippen LogP contribution in [-0.2, 0) is 6.54 Å². The van der Waals surface area contributed by atoms with Gasteiger partial charge in [-0.25, -0.2) is 4.39 Å². The van der Waals surface area contributed by atoms with E-state index in [2.05, 4.69) is 10.3 Å². The van der Waals surface area contributed by atoms with Crippen LogP contribution < -0.4 is 10.1 Å². The molecule has 3 rings (SSSR count). The van der Waals surface area contributed by atoms with Gasteiger partial charge in [-0.3, -0.25) is 4.98 Å². The number of rotatable bonds is 5. The van der Waals surface area contributed by atoms with Gasteiger partial charge in [0.05, 0.1) is 6.20 Å². The molecule has 1 N–H and O–H groups in total. The van der Waals surface area contributed by atoms with E-state index in [1.165, 1.54) is 25.0 Å². The first-order chi connectivity index (χ1) is 9.70. The minimum absolute atomic E-state index is 0.254. The highest BCUT2D eigenvalue weighted by Crippen LogP contribution is 2.26. The van der Waals surface area contributed by atoms with Gasteiger partial charge in [-0.15, -0.1) is 0 Å². The third-order valence-corrected chi connectivity index (χ3v) is 3.31. The normalized spacial score (nSPS) is 14.3. The molecule has 3 nitrogen and oxygen atoms in total. The Morgan fingerprint density at radius 3 is 2.90 bits per heavy atom. The van der Waals surface area contributed by atoms with Crippen molar-refractivity contribution in [1.82, 2.24) is 10.3 Å². The first-order valence-corrected chi connectivity index (χ1v) is 6.82. The van der Waals surface area contributed by atoms with Crippen molar-refractivity contribution in [2.75, 3.05) is 0 Å². The summed E-state index contributed by atoms with van der Waals surface area (Å²) in [5.41, 5.74) is 1.86. The third kappa shape index (κ3) is 3.33. The molecule has 1 aromatic heterocycles. The van der Waals surface area contributed by atoms with Gasteiger partial charge in [0.15, 0.2) is 0 Å². The second kappa shape index (κ2) is 5.59. The SMILES string of the molecule is Cc1cc(F)ccc1Oc1cncc(CNC2CC2)c1. The van der Waals surface area contributed by atoms with Crippen molar-refractivity contribution >= 4 is 0 Å². The lowest BCUT2D eigenvalue weighted by molar-refractivity contribution is 0.473. The van der Waals surface area contributed by atoms with Gasteiger partial charge in [-0.2, -0.15) is 0 Å². The molecule has 1 aromatic carbocycles. The van der Waals surface area contributed by atoms with E-state index >= 15 is 0 Å². The fraction of sp³-hybridized carbons (Fsp3) is 0.312. The molecule has 20 heavy (non-hydrogen) atoms. The van der Waals surface area contributed by atoms with E-state index in [-0.39, 0.29) is 5.82 Å². The summed E-state index contributed by atoms with van der Waals surface area (Å²) in [7, 11) is 0. The second-order valence-corrected chi connectivity index (χ2v) is 5.20. The molecule has 0 atom stereocenters. The smallest absolute Gasteiger partial charge is 0.146 e. The van der Waals surface area contributed by atoms with Crippen LogP contribution in [-0.4, -0.2) is 11.0 Å². The molecule has 1 aliphatic carbocycles. The summed E-state index contributed by atoms with van der Waals surface area (Å²) < 4.78 is 18.8. The van der Waals surface area contributed by atoms with E-state index in [1.807, 2.05) is 19.2 Å². The van der Waals surface area contributed by atoms with Gasteiger partial charge < -0.3 is 10.1 Å². The highest BCUT2D eigenvalue weighted by atomic mass is 19.1. The summed E-state index contributed by atoms with van der Waals surface area (Å²) in [6.45, 7) is 2.63. The van der Waals surface area contributed by atoms with E-state index in [1.54, 1.807) is 12.3 Å². The van der Waals surface area contributed by atoms with E-state index in [0.29, 0.717) is 17.5 Å². The number of hydrogen-bond acceptors (Lipinski definition) is 3. The molecule has 0 radical (unpaired) electrons. The van der Waals surface area contributed by atoms with Crippen LogP contribution in [0.2, 0.25) is 0 Å². The zero-order valence-electron chi connectivity index (χ0n) is 11.4. The predicted octanol–water partition coefficient (Wildman–Crippen LogP) is 3.57. The Hall–Kier alpha value is -1.94. The summed E-state index contributed by atoms with van der Waals surface area (Å²) in [6, 6.07) is 7.12. The standard InChI is InChI=1S/C16H17FN2O/c1-11-6-13(17)2-5-16(11)20-15-7-12(8-18-10-15)9-19-14-3-4-14/h2,5-8,10,14,19H,3-4,9H2,1H3. The number of aryl methyl sites for hydroxylation is 1. The molecule has 0 unspecified atom stereocenters. The first-order valence-electron chi connectivity index (χ1n) is 6.82. The summed E-state index contributed by atoms with van der Waals surface area (Å²) in [4.78, 5) is 4.19. The molecule has 0 aliphatic heterocycles. The molecule has 0 saturated heterocycles. The van der Waals surface area contributed by atoms with Crippen molar-refractivity contribution in [3.05, 3.63) is 53.6 Å². The Bertz CT molecular complexity index is 611. The number of benzene rings is 1. The minimum atomic E-state index is -0.254. The van der Waals surface area contributed by atoms with Gasteiger partial charge in [0.25, 0.3) is 0 Å². The Morgan fingerprint density at radius 2 is 2.15 bits per heavy atom. The van der Waals surface area contributed by atoms with Gasteiger partial charge in [-0.05, 0) is 55.2 Å². The summed E-state index contributed by atoms with van der Waals surface area (Å²) >= 11 is 0.